The number of benzene rings is 2. The van der Waals surface area contributed by atoms with Crippen LogP contribution in [0.1, 0.15) is 13.2 Å². The highest BCUT2D eigenvalue weighted by Gasteiger charge is 2.22. The van der Waals surface area contributed by atoms with E-state index in [0.717, 1.165) is 10.6 Å². The number of fused-ring (bicyclic) bond motifs is 3. The molecule has 1 atom stereocenters. The van der Waals surface area contributed by atoms with E-state index in [2.05, 4.69) is 9.72 Å². The lowest BCUT2D eigenvalue weighted by Gasteiger charge is -2.17. The fourth-order valence-electron chi connectivity index (χ4n) is 2.78. The third kappa shape index (κ3) is 2.59. The molecule has 10 nitrogen and oxygen atoms in total. The number of nitrogens with zero attached hydrogens (tertiary/aromatic N) is 2. The third-order valence-corrected chi connectivity index (χ3v) is 3.73. The molecule has 0 aliphatic carbocycles. The summed E-state index contributed by atoms with van der Waals surface area (Å²) in [5, 5.41) is 20.7. The van der Waals surface area contributed by atoms with Crippen LogP contribution in [0.4, 0.5) is 10.5 Å². The van der Waals surface area contributed by atoms with Crippen molar-refractivity contribution < 1.29 is 19.6 Å². The Labute approximate surface area is 138 Å². The SMILES string of the molecule is CC(OC(=O)O)n1c(=O)c(=O)[nH]c2cc([N+](=O)[O-])c3ccccc3c21. The smallest absolute Gasteiger partial charge is 0.450 e. The second kappa shape index (κ2) is 5.74. The van der Waals surface area contributed by atoms with Crippen LogP contribution in [0.15, 0.2) is 39.9 Å². The van der Waals surface area contributed by atoms with Crippen LogP contribution in [-0.4, -0.2) is 25.7 Å². The van der Waals surface area contributed by atoms with Crippen LogP contribution in [0.25, 0.3) is 21.8 Å². The summed E-state index contributed by atoms with van der Waals surface area (Å²) in [4.78, 5) is 48.0. The maximum absolute atomic E-state index is 12.3. The molecule has 2 aromatic carbocycles. The lowest BCUT2D eigenvalue weighted by molar-refractivity contribution is -0.382. The molecule has 128 valence electrons. The van der Waals surface area contributed by atoms with Crippen molar-refractivity contribution in [1.82, 2.24) is 9.55 Å². The molecule has 2 N–H and O–H groups in total. The minimum Gasteiger partial charge on any atom is -0.450 e. The third-order valence-electron chi connectivity index (χ3n) is 3.73. The molecule has 3 rings (SSSR count). The van der Waals surface area contributed by atoms with Gasteiger partial charge in [-0.15, -0.1) is 0 Å². The van der Waals surface area contributed by atoms with Gasteiger partial charge in [-0.2, -0.15) is 0 Å². The van der Waals surface area contributed by atoms with Crippen LogP contribution in [0, 0.1) is 10.1 Å². The van der Waals surface area contributed by atoms with Gasteiger partial charge in [0.2, 0.25) is 0 Å². The summed E-state index contributed by atoms with van der Waals surface area (Å²) in [6.45, 7) is 1.28. The van der Waals surface area contributed by atoms with Crippen molar-refractivity contribution in [2.24, 2.45) is 0 Å². The number of hydrogen-bond acceptors (Lipinski definition) is 6. The zero-order valence-corrected chi connectivity index (χ0v) is 12.8. The molecule has 3 aromatic rings. The molecule has 25 heavy (non-hydrogen) atoms. The zero-order chi connectivity index (χ0) is 18.3. The number of rotatable bonds is 3. The standard InChI is InChI=1S/C15H11N3O7/c1-7(25-15(21)22)17-12-9-5-3-2-4-8(9)11(18(23)24)6-10(12)16-13(19)14(17)20/h2-7H,1H3,(H,16,19)(H,21,22). The van der Waals surface area contributed by atoms with Gasteiger partial charge in [-0.1, -0.05) is 18.2 Å². The number of nitro groups is 1. The quantitative estimate of drug-likeness (QED) is 0.243. The summed E-state index contributed by atoms with van der Waals surface area (Å²) in [6.07, 6.45) is -2.93. The summed E-state index contributed by atoms with van der Waals surface area (Å²) in [5.41, 5.74) is -2.16. The molecule has 0 saturated heterocycles. The lowest BCUT2D eigenvalue weighted by Crippen LogP contribution is -2.38. The van der Waals surface area contributed by atoms with Gasteiger partial charge in [0.15, 0.2) is 6.23 Å². The molecule has 1 aromatic heterocycles. The van der Waals surface area contributed by atoms with Gasteiger partial charge in [-0.3, -0.25) is 24.3 Å². The Hall–Kier alpha value is -3.69. The zero-order valence-electron chi connectivity index (χ0n) is 12.8. The monoisotopic (exact) mass is 345 g/mol. The van der Waals surface area contributed by atoms with Crippen molar-refractivity contribution in [3.63, 3.8) is 0 Å². The number of nitrogens with one attached hydrogen (secondary N) is 1. The Kier molecular flexibility index (Phi) is 3.72. The first-order valence-electron chi connectivity index (χ1n) is 7.05. The highest BCUT2D eigenvalue weighted by atomic mass is 16.7. The van der Waals surface area contributed by atoms with E-state index in [9.17, 15) is 24.5 Å². The number of non-ortho nitro benzene ring substituents is 1. The second-order valence-electron chi connectivity index (χ2n) is 5.21. The molecule has 10 heteroatoms. The summed E-state index contributed by atoms with van der Waals surface area (Å²) < 4.78 is 5.47. The molecule has 0 aliphatic rings. The number of hydrogen-bond donors (Lipinski definition) is 2. The molecule has 0 fully saturated rings. The fraction of sp³-hybridized carbons (Fsp3) is 0.133. The molecule has 0 bridgehead atoms. The minimum atomic E-state index is -1.63. The lowest BCUT2D eigenvalue weighted by atomic mass is 10.1. The summed E-state index contributed by atoms with van der Waals surface area (Å²) in [7, 11) is 0. The molecule has 0 aliphatic heterocycles. The van der Waals surface area contributed by atoms with E-state index in [1.807, 2.05) is 0 Å². The molecule has 1 heterocycles. The van der Waals surface area contributed by atoms with Crippen LogP contribution in [0.5, 0.6) is 0 Å². The average molecular weight is 345 g/mol. The van der Waals surface area contributed by atoms with Crippen molar-refractivity contribution in [1.29, 1.82) is 0 Å². The van der Waals surface area contributed by atoms with Crippen LogP contribution >= 0.6 is 0 Å². The van der Waals surface area contributed by atoms with Crippen LogP contribution in [-0.2, 0) is 4.74 Å². The van der Waals surface area contributed by atoms with Gasteiger partial charge in [0.1, 0.15) is 0 Å². The Morgan fingerprint density at radius 2 is 1.96 bits per heavy atom. The minimum absolute atomic E-state index is 0.0239. The average Bonchev–Trinajstić information content (AvgIpc) is 2.54. The van der Waals surface area contributed by atoms with Crippen molar-refractivity contribution >= 4 is 33.6 Å². The van der Waals surface area contributed by atoms with Crippen molar-refractivity contribution in [3.8, 4) is 0 Å². The summed E-state index contributed by atoms with van der Waals surface area (Å²) in [5.74, 6) is 0. The van der Waals surface area contributed by atoms with Gasteiger partial charge in [0.25, 0.3) is 5.69 Å². The van der Waals surface area contributed by atoms with E-state index >= 15 is 0 Å². The Balaban J connectivity index is 2.55. The predicted octanol–water partition coefficient (Wildman–Crippen LogP) is 1.96. The Morgan fingerprint density at radius 3 is 2.56 bits per heavy atom. The number of aromatic nitrogens is 2. The summed E-state index contributed by atoms with van der Waals surface area (Å²) >= 11 is 0. The normalized spacial score (nSPS) is 12.2. The van der Waals surface area contributed by atoms with Crippen LogP contribution < -0.4 is 11.1 Å². The first-order chi connectivity index (χ1) is 11.8. The maximum Gasteiger partial charge on any atom is 0.507 e. The van der Waals surface area contributed by atoms with Crippen LogP contribution in [0.3, 0.4) is 0 Å². The molecule has 0 radical (unpaired) electrons. The molecule has 0 amide bonds. The van der Waals surface area contributed by atoms with E-state index in [4.69, 9.17) is 5.11 Å². The number of aromatic amines is 1. The van der Waals surface area contributed by atoms with Crippen LogP contribution in [0.2, 0.25) is 0 Å². The summed E-state index contributed by atoms with van der Waals surface area (Å²) in [6, 6.07) is 7.35. The largest absolute Gasteiger partial charge is 0.507 e. The first-order valence-corrected chi connectivity index (χ1v) is 7.05. The molecular weight excluding hydrogens is 334 g/mol. The van der Waals surface area contributed by atoms with E-state index < -0.39 is 28.4 Å². The van der Waals surface area contributed by atoms with E-state index in [1.54, 1.807) is 12.1 Å². The number of H-pyrrole nitrogens is 1. The predicted molar refractivity (Wildman–Crippen MR) is 86.8 cm³/mol. The first kappa shape index (κ1) is 16.2. The highest BCUT2D eigenvalue weighted by Crippen LogP contribution is 2.32. The molecule has 0 spiro atoms. The van der Waals surface area contributed by atoms with Gasteiger partial charge in [-0.05, 0) is 13.0 Å². The number of nitro benzene ring substituents is 1. The van der Waals surface area contributed by atoms with Gasteiger partial charge in [0.05, 0.1) is 21.3 Å². The molecule has 1 unspecified atom stereocenters. The van der Waals surface area contributed by atoms with Gasteiger partial charge in [0, 0.05) is 11.5 Å². The number of carboxylic acid groups (broad SMARTS) is 1. The van der Waals surface area contributed by atoms with E-state index in [0.29, 0.717) is 5.39 Å². The van der Waals surface area contributed by atoms with E-state index in [1.165, 1.54) is 19.1 Å². The second-order valence-corrected chi connectivity index (χ2v) is 5.21. The highest BCUT2D eigenvalue weighted by molar-refractivity contribution is 6.08. The number of ether oxygens (including phenoxy) is 1. The number of carbonyl (C=O) groups is 1. The Morgan fingerprint density at radius 1 is 1.32 bits per heavy atom. The molecular formula is C15H11N3O7. The Bertz CT molecular complexity index is 1150. The van der Waals surface area contributed by atoms with Crippen molar-refractivity contribution in [2.45, 2.75) is 13.2 Å². The van der Waals surface area contributed by atoms with Gasteiger partial charge < -0.3 is 14.8 Å². The fourth-order valence-corrected chi connectivity index (χ4v) is 2.78. The van der Waals surface area contributed by atoms with Gasteiger partial charge in [-0.25, -0.2) is 4.79 Å². The van der Waals surface area contributed by atoms with Gasteiger partial charge >= 0.3 is 17.3 Å². The topological polar surface area (TPSA) is 145 Å². The van der Waals surface area contributed by atoms with E-state index in [-0.39, 0.29) is 22.1 Å². The molecule has 0 saturated carbocycles. The maximum atomic E-state index is 12.3. The van der Waals surface area contributed by atoms with Crippen molar-refractivity contribution in [2.75, 3.05) is 0 Å². The van der Waals surface area contributed by atoms with Crippen molar-refractivity contribution in [3.05, 3.63) is 61.2 Å².